The first-order valence-electron chi connectivity index (χ1n) is 14.9. The molecule has 0 aromatic heterocycles. The first-order chi connectivity index (χ1) is 18.1. The van der Waals surface area contributed by atoms with Gasteiger partial charge in [0, 0.05) is 6.61 Å². The number of aliphatic hydroxyl groups excluding tert-OH is 1. The Bertz CT molecular complexity index is 427. The molecular formula is C29H60O8. The van der Waals surface area contributed by atoms with Crippen LogP contribution in [0.4, 0.5) is 0 Å². The quantitative estimate of drug-likeness (QED) is 0.121. The van der Waals surface area contributed by atoms with Gasteiger partial charge in [0.1, 0.15) is 0 Å². The highest BCUT2D eigenvalue weighted by molar-refractivity contribution is 4.56. The van der Waals surface area contributed by atoms with Gasteiger partial charge in [-0.1, -0.05) is 64.7 Å². The van der Waals surface area contributed by atoms with Crippen molar-refractivity contribution >= 4 is 0 Å². The van der Waals surface area contributed by atoms with Gasteiger partial charge in [-0.2, -0.15) is 0 Å². The summed E-state index contributed by atoms with van der Waals surface area (Å²) in [4.78, 5) is 0. The third-order valence-electron chi connectivity index (χ3n) is 5.84. The molecule has 1 N–H and O–H groups in total. The third kappa shape index (κ3) is 30.1. The van der Waals surface area contributed by atoms with E-state index in [9.17, 15) is 0 Å². The molecule has 8 nitrogen and oxygen atoms in total. The van der Waals surface area contributed by atoms with Crippen LogP contribution >= 0.6 is 0 Å². The molecule has 0 rings (SSSR count). The molecule has 0 radical (unpaired) electrons. The van der Waals surface area contributed by atoms with E-state index in [2.05, 4.69) is 6.92 Å². The lowest BCUT2D eigenvalue weighted by atomic mass is 10.1. The predicted octanol–water partition coefficient (Wildman–Crippen LogP) is 5.18. The maximum atomic E-state index is 8.60. The maximum Gasteiger partial charge on any atom is 0.0781 e. The largest absolute Gasteiger partial charge is 0.394 e. The fourth-order valence-corrected chi connectivity index (χ4v) is 3.60. The van der Waals surface area contributed by atoms with Crippen LogP contribution in [-0.2, 0) is 33.2 Å². The van der Waals surface area contributed by atoms with Gasteiger partial charge >= 0.3 is 0 Å². The normalized spacial score (nSPS) is 14.2. The van der Waals surface area contributed by atoms with E-state index in [0.717, 1.165) is 13.0 Å². The molecule has 0 spiro atoms. The summed E-state index contributed by atoms with van der Waals surface area (Å²) in [7, 11) is 0. The zero-order valence-corrected chi connectivity index (χ0v) is 24.6. The zero-order chi connectivity index (χ0) is 27.2. The van der Waals surface area contributed by atoms with E-state index < -0.39 is 0 Å². The van der Waals surface area contributed by atoms with Crippen molar-refractivity contribution in [3.63, 3.8) is 0 Å². The van der Waals surface area contributed by atoms with Crippen LogP contribution in [0.5, 0.6) is 0 Å². The van der Waals surface area contributed by atoms with Crippen molar-refractivity contribution in [1.29, 1.82) is 0 Å². The van der Waals surface area contributed by atoms with Crippen molar-refractivity contribution in [3.8, 4) is 0 Å². The topological polar surface area (TPSA) is 84.8 Å². The summed E-state index contributed by atoms with van der Waals surface area (Å²) < 4.78 is 39.2. The molecule has 0 aliphatic carbocycles. The van der Waals surface area contributed by atoms with Crippen LogP contribution in [0.3, 0.4) is 0 Å². The third-order valence-corrected chi connectivity index (χ3v) is 5.84. The first kappa shape index (κ1) is 36.7. The Labute approximate surface area is 228 Å². The smallest absolute Gasteiger partial charge is 0.0781 e. The second-order valence-corrected chi connectivity index (χ2v) is 9.79. The highest BCUT2D eigenvalue weighted by Crippen LogP contribution is 2.10. The Morgan fingerprint density at radius 2 is 0.865 bits per heavy atom. The minimum absolute atomic E-state index is 0.00484. The molecule has 0 aliphatic rings. The fourth-order valence-electron chi connectivity index (χ4n) is 3.60. The van der Waals surface area contributed by atoms with E-state index in [1.165, 1.54) is 57.8 Å². The van der Waals surface area contributed by atoms with Gasteiger partial charge in [-0.05, 0) is 27.2 Å². The van der Waals surface area contributed by atoms with Crippen molar-refractivity contribution in [3.05, 3.63) is 0 Å². The van der Waals surface area contributed by atoms with Crippen LogP contribution in [0.2, 0.25) is 0 Å². The van der Waals surface area contributed by atoms with Crippen LogP contribution in [0, 0.1) is 0 Å². The van der Waals surface area contributed by atoms with Crippen molar-refractivity contribution < 1.29 is 38.3 Å². The van der Waals surface area contributed by atoms with Crippen molar-refractivity contribution in [1.82, 2.24) is 0 Å². The van der Waals surface area contributed by atoms with E-state index in [0.29, 0.717) is 66.1 Å². The van der Waals surface area contributed by atoms with Gasteiger partial charge in [-0.25, -0.2) is 0 Å². The van der Waals surface area contributed by atoms with Crippen molar-refractivity contribution in [2.24, 2.45) is 0 Å². The summed E-state index contributed by atoms with van der Waals surface area (Å²) in [6.07, 6.45) is 13.5. The number of ether oxygens (including phenoxy) is 7. The molecule has 0 saturated heterocycles. The van der Waals surface area contributed by atoms with Gasteiger partial charge in [0.15, 0.2) is 0 Å². The molecule has 0 aliphatic heterocycles. The Hall–Kier alpha value is -0.320. The van der Waals surface area contributed by atoms with Gasteiger partial charge in [0.2, 0.25) is 0 Å². The van der Waals surface area contributed by atoms with Crippen molar-refractivity contribution in [2.75, 3.05) is 79.3 Å². The van der Waals surface area contributed by atoms with E-state index >= 15 is 0 Å². The molecule has 37 heavy (non-hydrogen) atoms. The molecule has 8 heteroatoms. The number of hydrogen-bond acceptors (Lipinski definition) is 8. The molecule has 0 amide bonds. The lowest BCUT2D eigenvalue weighted by Gasteiger charge is -2.20. The molecular weight excluding hydrogens is 476 g/mol. The molecule has 3 unspecified atom stereocenters. The first-order valence-corrected chi connectivity index (χ1v) is 14.9. The standard InChI is InChI=1S/C29H60O8/c1-5-6-7-8-9-10-11-12-13-14-16-34-24-27(2)36-26-29(4)37-25-28(3)35-23-22-33-21-20-32-19-18-31-17-15-30/h27-30H,5-26H2,1-4H3. The van der Waals surface area contributed by atoms with E-state index in [1.807, 2.05) is 20.8 Å². The molecule has 3 atom stereocenters. The van der Waals surface area contributed by atoms with Gasteiger partial charge in [0.25, 0.3) is 0 Å². The maximum absolute atomic E-state index is 8.60. The summed E-state index contributed by atoms with van der Waals surface area (Å²) in [5.74, 6) is 0. The lowest BCUT2D eigenvalue weighted by molar-refractivity contribution is -0.0853. The Balaban J connectivity index is 3.40. The van der Waals surface area contributed by atoms with E-state index in [1.54, 1.807) is 0 Å². The summed E-state index contributed by atoms with van der Waals surface area (Å²) in [6, 6.07) is 0. The summed E-state index contributed by atoms with van der Waals surface area (Å²) >= 11 is 0. The number of rotatable bonds is 31. The summed E-state index contributed by atoms with van der Waals surface area (Å²) in [5, 5.41) is 8.60. The average Bonchev–Trinajstić information content (AvgIpc) is 2.90. The van der Waals surface area contributed by atoms with Crippen LogP contribution < -0.4 is 0 Å². The van der Waals surface area contributed by atoms with Crippen molar-refractivity contribution in [2.45, 2.75) is 110 Å². The van der Waals surface area contributed by atoms with Crippen LogP contribution in [0.15, 0.2) is 0 Å². The highest BCUT2D eigenvalue weighted by atomic mass is 16.6. The second-order valence-electron chi connectivity index (χ2n) is 9.79. The molecule has 224 valence electrons. The molecule has 0 bridgehead atoms. The van der Waals surface area contributed by atoms with E-state index in [-0.39, 0.29) is 24.9 Å². The Kier molecular flexibility index (Phi) is 30.0. The molecule has 0 aromatic carbocycles. The Morgan fingerprint density at radius 1 is 0.432 bits per heavy atom. The summed E-state index contributed by atoms with van der Waals surface area (Å²) in [5.41, 5.74) is 0. The van der Waals surface area contributed by atoms with Gasteiger partial charge in [-0.3, -0.25) is 0 Å². The lowest BCUT2D eigenvalue weighted by Crippen LogP contribution is -2.27. The second kappa shape index (κ2) is 30.2. The fraction of sp³-hybridized carbons (Fsp3) is 1.00. The number of hydrogen-bond donors (Lipinski definition) is 1. The van der Waals surface area contributed by atoms with Gasteiger partial charge < -0.3 is 38.3 Å². The van der Waals surface area contributed by atoms with E-state index in [4.69, 9.17) is 38.3 Å². The molecule has 0 fully saturated rings. The number of aliphatic hydroxyl groups is 1. The van der Waals surface area contributed by atoms with Gasteiger partial charge in [-0.15, -0.1) is 0 Å². The number of unbranched alkanes of at least 4 members (excludes halogenated alkanes) is 9. The van der Waals surface area contributed by atoms with Gasteiger partial charge in [0.05, 0.1) is 91.0 Å². The molecule has 0 saturated carbocycles. The highest BCUT2D eigenvalue weighted by Gasteiger charge is 2.10. The minimum Gasteiger partial charge on any atom is -0.394 e. The van der Waals surface area contributed by atoms with Crippen LogP contribution in [-0.4, -0.2) is 103 Å². The van der Waals surface area contributed by atoms with Crippen LogP contribution in [0.25, 0.3) is 0 Å². The SMILES string of the molecule is CCCCCCCCCCCCOCC(C)OCC(C)OCC(C)OCCOCCOCCOCCO. The monoisotopic (exact) mass is 536 g/mol. The predicted molar refractivity (Wildman–Crippen MR) is 148 cm³/mol. The van der Waals surface area contributed by atoms with Crippen LogP contribution in [0.1, 0.15) is 91.9 Å². The zero-order valence-electron chi connectivity index (χ0n) is 24.6. The summed E-state index contributed by atoms with van der Waals surface area (Å²) in [6.45, 7) is 14.3. The Morgan fingerprint density at radius 3 is 1.41 bits per heavy atom. The molecule has 0 aromatic rings. The molecule has 0 heterocycles. The minimum atomic E-state index is -0.00668. The average molecular weight is 537 g/mol.